The molecule has 2 unspecified atom stereocenters. The molecule has 1 N–H and O–H groups in total. The van der Waals surface area contributed by atoms with Gasteiger partial charge in [-0.3, -0.25) is 4.79 Å². The van der Waals surface area contributed by atoms with Crippen molar-refractivity contribution < 1.29 is 9.32 Å². The highest BCUT2D eigenvalue weighted by Crippen LogP contribution is 2.30. The van der Waals surface area contributed by atoms with Gasteiger partial charge in [-0.15, -0.1) is 0 Å². The highest BCUT2D eigenvalue weighted by molar-refractivity contribution is 9.09. The maximum Gasteiger partial charge on any atom is 0.273 e. The van der Waals surface area contributed by atoms with Crippen molar-refractivity contribution >= 4 is 21.8 Å². The molecule has 2 rings (SSSR count). The summed E-state index contributed by atoms with van der Waals surface area (Å²) in [6, 6.07) is 1.58. The van der Waals surface area contributed by atoms with Crippen LogP contribution < -0.4 is 5.32 Å². The van der Waals surface area contributed by atoms with Crippen LogP contribution in [0.3, 0.4) is 0 Å². The molecule has 1 heterocycles. The van der Waals surface area contributed by atoms with Gasteiger partial charge in [-0.25, -0.2) is 0 Å². The third kappa shape index (κ3) is 3.31. The Morgan fingerprint density at radius 2 is 2.24 bits per heavy atom. The van der Waals surface area contributed by atoms with Gasteiger partial charge in [0.2, 0.25) is 0 Å². The number of nitrogens with one attached hydrogen (secondary N) is 1. The molecule has 1 saturated carbocycles. The molecule has 0 aliphatic heterocycles. The molecule has 94 valence electrons. The molecule has 1 aromatic rings. The predicted molar refractivity (Wildman–Crippen MR) is 68.1 cm³/mol. The minimum absolute atomic E-state index is 0.141. The Hall–Kier alpha value is -0.840. The van der Waals surface area contributed by atoms with Gasteiger partial charge < -0.3 is 9.84 Å². The summed E-state index contributed by atoms with van der Waals surface area (Å²) < 4.78 is 4.65. The van der Waals surface area contributed by atoms with Crippen LogP contribution in [-0.2, 0) is 0 Å². The lowest BCUT2D eigenvalue weighted by Gasteiger charge is -2.30. The molecule has 4 nitrogen and oxygen atoms in total. The smallest absolute Gasteiger partial charge is 0.273 e. The van der Waals surface area contributed by atoms with Crippen LogP contribution in [0.25, 0.3) is 0 Å². The molecule has 1 fully saturated rings. The second kappa shape index (κ2) is 6.19. The topological polar surface area (TPSA) is 55.1 Å². The van der Waals surface area contributed by atoms with Gasteiger partial charge in [0.15, 0.2) is 5.69 Å². The van der Waals surface area contributed by atoms with Crippen LogP contribution in [0.1, 0.15) is 36.2 Å². The predicted octanol–water partition coefficient (Wildman–Crippen LogP) is 2.61. The highest BCUT2D eigenvalue weighted by Gasteiger charge is 2.24. The van der Waals surface area contributed by atoms with Crippen molar-refractivity contribution in [3.8, 4) is 0 Å². The summed E-state index contributed by atoms with van der Waals surface area (Å²) in [6.45, 7) is 0.738. The summed E-state index contributed by atoms with van der Waals surface area (Å²) in [5.41, 5.74) is 0.358. The third-order valence-electron chi connectivity index (χ3n) is 3.46. The largest absolute Gasteiger partial charge is 0.364 e. The van der Waals surface area contributed by atoms with E-state index in [1.807, 2.05) is 0 Å². The van der Waals surface area contributed by atoms with Crippen LogP contribution in [-0.4, -0.2) is 22.9 Å². The fourth-order valence-corrected chi connectivity index (χ4v) is 3.25. The summed E-state index contributed by atoms with van der Waals surface area (Å²) in [5.74, 6) is 1.12. The zero-order valence-corrected chi connectivity index (χ0v) is 11.3. The molecule has 5 heteroatoms. The number of carbonyl (C=O) groups is 1. The van der Waals surface area contributed by atoms with Gasteiger partial charge in [-0.2, -0.15) is 0 Å². The average molecular weight is 301 g/mol. The van der Waals surface area contributed by atoms with Crippen molar-refractivity contribution in [2.24, 2.45) is 11.8 Å². The first-order valence-electron chi connectivity index (χ1n) is 6.06. The quantitative estimate of drug-likeness (QED) is 0.870. The molecule has 0 saturated heterocycles. The maximum atomic E-state index is 11.7. The van der Waals surface area contributed by atoms with E-state index in [1.165, 1.54) is 31.9 Å². The van der Waals surface area contributed by atoms with Gasteiger partial charge in [-0.05, 0) is 24.7 Å². The van der Waals surface area contributed by atoms with Crippen molar-refractivity contribution in [1.29, 1.82) is 0 Å². The molecular formula is C12H17BrN2O2. The summed E-state index contributed by atoms with van der Waals surface area (Å²) >= 11 is 3.56. The first kappa shape index (κ1) is 12.6. The monoisotopic (exact) mass is 300 g/mol. The van der Waals surface area contributed by atoms with Crippen molar-refractivity contribution in [1.82, 2.24) is 10.5 Å². The summed E-state index contributed by atoms with van der Waals surface area (Å²) in [5, 5.41) is 7.58. The minimum atomic E-state index is -0.141. The molecule has 1 amide bonds. The summed E-state index contributed by atoms with van der Waals surface area (Å²) in [6.07, 6.45) is 6.46. The van der Waals surface area contributed by atoms with Gasteiger partial charge in [0.1, 0.15) is 6.26 Å². The van der Waals surface area contributed by atoms with Crippen LogP contribution in [0.15, 0.2) is 16.9 Å². The number of rotatable bonds is 4. The molecule has 0 aromatic carbocycles. The Kier molecular flexibility index (Phi) is 4.59. The Bertz CT molecular complexity index is 353. The number of hydrogen-bond donors (Lipinski definition) is 1. The molecule has 2 atom stereocenters. The number of hydrogen-bond acceptors (Lipinski definition) is 3. The molecular weight excluding hydrogens is 284 g/mol. The van der Waals surface area contributed by atoms with E-state index in [1.54, 1.807) is 6.07 Å². The Morgan fingerprint density at radius 1 is 1.47 bits per heavy atom. The van der Waals surface area contributed by atoms with Gasteiger partial charge in [0.05, 0.1) is 0 Å². The van der Waals surface area contributed by atoms with E-state index < -0.39 is 0 Å². The first-order valence-corrected chi connectivity index (χ1v) is 7.18. The van der Waals surface area contributed by atoms with Crippen LogP contribution in [0.4, 0.5) is 0 Å². The molecule has 17 heavy (non-hydrogen) atoms. The van der Waals surface area contributed by atoms with Crippen molar-refractivity contribution in [3.63, 3.8) is 0 Å². The Morgan fingerprint density at radius 3 is 2.88 bits per heavy atom. The first-order chi connectivity index (χ1) is 8.31. The normalized spacial score (nSPS) is 24.5. The van der Waals surface area contributed by atoms with Crippen LogP contribution in [0, 0.1) is 11.8 Å². The van der Waals surface area contributed by atoms with Crippen LogP contribution in [0.2, 0.25) is 0 Å². The van der Waals surface area contributed by atoms with Crippen molar-refractivity contribution in [3.05, 3.63) is 18.0 Å². The van der Waals surface area contributed by atoms with Crippen LogP contribution in [0.5, 0.6) is 0 Å². The fraction of sp³-hybridized carbons (Fsp3) is 0.667. The lowest BCUT2D eigenvalue weighted by Crippen LogP contribution is -2.34. The van der Waals surface area contributed by atoms with Gasteiger partial charge >= 0.3 is 0 Å². The van der Waals surface area contributed by atoms with E-state index in [2.05, 4.69) is 30.9 Å². The van der Waals surface area contributed by atoms with E-state index in [0.717, 1.165) is 11.9 Å². The summed E-state index contributed by atoms with van der Waals surface area (Å²) in [7, 11) is 0. The SMILES string of the molecule is O=C(NCC1CCCCC1CBr)c1ccon1. The average Bonchev–Trinajstić information content (AvgIpc) is 2.90. The van der Waals surface area contributed by atoms with E-state index in [9.17, 15) is 4.79 Å². The van der Waals surface area contributed by atoms with Gasteiger partial charge in [0.25, 0.3) is 5.91 Å². The number of halogens is 1. The molecule has 1 aliphatic rings. The number of nitrogens with zero attached hydrogens (tertiary/aromatic N) is 1. The minimum Gasteiger partial charge on any atom is -0.364 e. The van der Waals surface area contributed by atoms with Gasteiger partial charge in [0, 0.05) is 17.9 Å². The van der Waals surface area contributed by atoms with Crippen molar-refractivity contribution in [2.75, 3.05) is 11.9 Å². The van der Waals surface area contributed by atoms with E-state index >= 15 is 0 Å². The Balaban J connectivity index is 1.82. The molecule has 1 aromatic heterocycles. The second-order valence-electron chi connectivity index (χ2n) is 4.55. The molecule has 0 bridgehead atoms. The molecule has 0 spiro atoms. The third-order valence-corrected chi connectivity index (χ3v) is 4.29. The second-order valence-corrected chi connectivity index (χ2v) is 5.20. The van der Waals surface area contributed by atoms with Crippen LogP contribution >= 0.6 is 15.9 Å². The van der Waals surface area contributed by atoms with E-state index in [4.69, 9.17) is 0 Å². The van der Waals surface area contributed by atoms with E-state index in [-0.39, 0.29) is 5.91 Å². The molecule has 0 radical (unpaired) electrons. The maximum absolute atomic E-state index is 11.7. The number of carbonyl (C=O) groups excluding carboxylic acids is 1. The fourth-order valence-electron chi connectivity index (χ4n) is 2.40. The number of aromatic nitrogens is 1. The lowest BCUT2D eigenvalue weighted by atomic mass is 9.80. The zero-order chi connectivity index (χ0) is 12.1. The van der Waals surface area contributed by atoms with E-state index in [0.29, 0.717) is 17.5 Å². The van der Waals surface area contributed by atoms with Crippen molar-refractivity contribution in [2.45, 2.75) is 25.7 Å². The highest BCUT2D eigenvalue weighted by atomic mass is 79.9. The summed E-state index contributed by atoms with van der Waals surface area (Å²) in [4.78, 5) is 11.7. The lowest BCUT2D eigenvalue weighted by molar-refractivity contribution is 0.0928. The zero-order valence-electron chi connectivity index (χ0n) is 9.69. The number of alkyl halides is 1. The molecule has 1 aliphatic carbocycles. The Labute approximate surface area is 109 Å². The van der Waals surface area contributed by atoms with Gasteiger partial charge in [-0.1, -0.05) is 33.9 Å². The number of amides is 1. The standard InChI is InChI=1S/C12H17BrN2O2/c13-7-9-3-1-2-4-10(9)8-14-12(16)11-5-6-17-15-11/h5-6,9-10H,1-4,7-8H2,(H,14,16).